The zero-order valence-corrected chi connectivity index (χ0v) is 18.4. The second-order valence-corrected chi connectivity index (χ2v) is 8.72. The minimum atomic E-state index is -0.360. The van der Waals surface area contributed by atoms with E-state index in [0.717, 1.165) is 18.6 Å². The molecule has 1 aliphatic rings. The van der Waals surface area contributed by atoms with Crippen molar-refractivity contribution in [2.45, 2.75) is 38.1 Å². The molecule has 1 amide bonds. The second-order valence-electron chi connectivity index (χ2n) is 7.73. The van der Waals surface area contributed by atoms with E-state index in [1.807, 2.05) is 30.5 Å². The van der Waals surface area contributed by atoms with Gasteiger partial charge in [-0.15, -0.1) is 0 Å². The molecule has 0 radical (unpaired) electrons. The Morgan fingerprint density at radius 2 is 2.00 bits per heavy atom. The van der Waals surface area contributed by atoms with Crippen LogP contribution in [0.3, 0.4) is 0 Å². The number of carbonyl (C=O) groups is 1. The maximum absolute atomic E-state index is 13.1. The highest BCUT2D eigenvalue weighted by molar-refractivity contribution is 7.98. The van der Waals surface area contributed by atoms with Crippen LogP contribution in [0.15, 0.2) is 53.5 Å². The number of H-pyrrole nitrogens is 1. The van der Waals surface area contributed by atoms with Crippen molar-refractivity contribution in [1.29, 1.82) is 0 Å². The molecule has 3 aromatic rings. The summed E-state index contributed by atoms with van der Waals surface area (Å²) in [5.74, 6) is 1.10. The summed E-state index contributed by atoms with van der Waals surface area (Å²) in [6.07, 6.45) is 8.84. The van der Waals surface area contributed by atoms with Crippen molar-refractivity contribution in [3.05, 3.63) is 81.4 Å². The number of benzene rings is 1. The van der Waals surface area contributed by atoms with Crippen molar-refractivity contribution in [3.8, 4) is 11.5 Å². The van der Waals surface area contributed by atoms with Gasteiger partial charge in [0.1, 0.15) is 5.69 Å². The Labute approximate surface area is 185 Å². The Morgan fingerprint density at radius 3 is 2.77 bits per heavy atom. The summed E-state index contributed by atoms with van der Waals surface area (Å²) in [5.41, 5.74) is 4.15. The number of pyridine rings is 1. The predicted octanol–water partition coefficient (Wildman–Crippen LogP) is 3.93. The van der Waals surface area contributed by atoms with Crippen LogP contribution in [-0.2, 0) is 12.8 Å². The molecule has 7 heteroatoms. The van der Waals surface area contributed by atoms with Gasteiger partial charge in [-0.2, -0.15) is 11.8 Å². The van der Waals surface area contributed by atoms with Crippen LogP contribution >= 0.6 is 11.8 Å². The van der Waals surface area contributed by atoms with Crippen LogP contribution < -0.4 is 10.9 Å². The summed E-state index contributed by atoms with van der Waals surface area (Å²) in [7, 11) is 0. The molecule has 31 heavy (non-hydrogen) atoms. The SMILES string of the molecule is CSCCC(NC(=O)c1ccc2c(c1)CCCC2)c1cc(=O)[nH]c(-c2ccccn2)n1. The average molecular weight is 435 g/mol. The van der Waals surface area contributed by atoms with Gasteiger partial charge in [0.05, 0.1) is 11.7 Å². The highest BCUT2D eigenvalue weighted by atomic mass is 32.2. The van der Waals surface area contributed by atoms with E-state index in [1.165, 1.54) is 30.0 Å². The van der Waals surface area contributed by atoms with Gasteiger partial charge in [-0.05, 0) is 79.5 Å². The first-order valence-electron chi connectivity index (χ1n) is 10.6. The number of fused-ring (bicyclic) bond motifs is 1. The predicted molar refractivity (Wildman–Crippen MR) is 124 cm³/mol. The lowest BCUT2D eigenvalue weighted by Gasteiger charge is -2.20. The number of carbonyl (C=O) groups excluding carboxylic acids is 1. The van der Waals surface area contributed by atoms with E-state index in [2.05, 4.69) is 26.3 Å². The quantitative estimate of drug-likeness (QED) is 0.588. The van der Waals surface area contributed by atoms with E-state index in [-0.39, 0.29) is 17.5 Å². The number of thioether (sulfide) groups is 1. The van der Waals surface area contributed by atoms with Crippen LogP contribution in [0.2, 0.25) is 0 Å². The molecule has 4 rings (SSSR count). The molecule has 2 heterocycles. The summed E-state index contributed by atoms with van der Waals surface area (Å²) < 4.78 is 0. The van der Waals surface area contributed by atoms with Crippen molar-refractivity contribution in [3.63, 3.8) is 0 Å². The molecule has 0 saturated carbocycles. The fourth-order valence-corrected chi connectivity index (χ4v) is 4.40. The molecule has 0 bridgehead atoms. The van der Waals surface area contributed by atoms with Gasteiger partial charge in [-0.25, -0.2) is 4.98 Å². The molecule has 6 nitrogen and oxygen atoms in total. The van der Waals surface area contributed by atoms with Crippen molar-refractivity contribution in [2.24, 2.45) is 0 Å². The Bertz CT molecular complexity index is 1110. The van der Waals surface area contributed by atoms with Gasteiger partial charge in [0.25, 0.3) is 11.5 Å². The zero-order chi connectivity index (χ0) is 21.6. The molecule has 0 saturated heterocycles. The van der Waals surface area contributed by atoms with Crippen LogP contribution in [0.25, 0.3) is 11.5 Å². The van der Waals surface area contributed by atoms with Crippen LogP contribution in [0.1, 0.15) is 52.5 Å². The fraction of sp³-hybridized carbons (Fsp3) is 0.333. The van der Waals surface area contributed by atoms with Gasteiger partial charge in [-0.1, -0.05) is 12.1 Å². The Kier molecular flexibility index (Phi) is 6.82. The lowest BCUT2D eigenvalue weighted by atomic mass is 9.90. The standard InChI is InChI=1S/C24H26N4O2S/c1-31-13-11-19(21-15-22(29)28-23(26-21)20-8-4-5-12-25-20)27-24(30)18-10-9-16-6-2-3-7-17(16)14-18/h4-5,8-10,12,14-15,19H,2-3,6-7,11,13H2,1H3,(H,27,30)(H,26,28,29). The number of nitrogens with zero attached hydrogens (tertiary/aromatic N) is 2. The maximum atomic E-state index is 13.1. The van der Waals surface area contributed by atoms with Crippen LogP contribution in [0.5, 0.6) is 0 Å². The Morgan fingerprint density at radius 1 is 1.16 bits per heavy atom. The van der Waals surface area contributed by atoms with Crippen molar-refractivity contribution >= 4 is 17.7 Å². The lowest BCUT2D eigenvalue weighted by molar-refractivity contribution is 0.0934. The highest BCUT2D eigenvalue weighted by Crippen LogP contribution is 2.23. The summed E-state index contributed by atoms with van der Waals surface area (Å²) >= 11 is 1.69. The third kappa shape index (κ3) is 5.22. The first kappa shape index (κ1) is 21.3. The number of hydrogen-bond donors (Lipinski definition) is 2. The molecule has 2 aromatic heterocycles. The summed E-state index contributed by atoms with van der Waals surface area (Å²) in [6.45, 7) is 0. The monoisotopic (exact) mass is 434 g/mol. The molecule has 0 spiro atoms. The smallest absolute Gasteiger partial charge is 0.251 e. The van der Waals surface area contributed by atoms with E-state index < -0.39 is 0 Å². The molecular weight excluding hydrogens is 408 g/mol. The summed E-state index contributed by atoms with van der Waals surface area (Å²) in [4.78, 5) is 37.1. The molecule has 1 aromatic carbocycles. The molecule has 2 N–H and O–H groups in total. The molecule has 1 unspecified atom stereocenters. The molecule has 1 aliphatic carbocycles. The van der Waals surface area contributed by atoms with Crippen LogP contribution in [0, 0.1) is 0 Å². The number of aromatic nitrogens is 3. The first-order valence-corrected chi connectivity index (χ1v) is 12.0. The van der Waals surface area contributed by atoms with E-state index in [9.17, 15) is 9.59 Å². The Balaban J connectivity index is 1.61. The molecule has 0 fully saturated rings. The van der Waals surface area contributed by atoms with Crippen LogP contribution in [0.4, 0.5) is 0 Å². The van der Waals surface area contributed by atoms with Gasteiger partial charge >= 0.3 is 0 Å². The topological polar surface area (TPSA) is 87.7 Å². The molecule has 160 valence electrons. The molecule has 1 atom stereocenters. The van der Waals surface area contributed by atoms with Gasteiger partial charge in [-0.3, -0.25) is 14.6 Å². The van der Waals surface area contributed by atoms with Gasteiger partial charge in [0.15, 0.2) is 5.82 Å². The van der Waals surface area contributed by atoms with Crippen molar-refractivity contribution in [2.75, 3.05) is 12.0 Å². The largest absolute Gasteiger partial charge is 0.344 e. The normalized spacial score (nSPS) is 14.0. The summed E-state index contributed by atoms with van der Waals surface area (Å²) in [6, 6.07) is 12.5. The van der Waals surface area contributed by atoms with E-state index in [0.29, 0.717) is 29.2 Å². The van der Waals surface area contributed by atoms with Gasteiger partial charge in [0, 0.05) is 17.8 Å². The lowest BCUT2D eigenvalue weighted by Crippen LogP contribution is -2.31. The van der Waals surface area contributed by atoms with Gasteiger partial charge in [0.2, 0.25) is 0 Å². The van der Waals surface area contributed by atoms with E-state index in [4.69, 9.17) is 0 Å². The van der Waals surface area contributed by atoms with E-state index >= 15 is 0 Å². The van der Waals surface area contributed by atoms with E-state index in [1.54, 1.807) is 24.0 Å². The third-order valence-electron chi connectivity index (χ3n) is 5.55. The number of nitrogens with one attached hydrogen (secondary N) is 2. The average Bonchev–Trinajstić information content (AvgIpc) is 2.81. The molecular formula is C24H26N4O2S. The number of aromatic amines is 1. The zero-order valence-electron chi connectivity index (χ0n) is 17.6. The van der Waals surface area contributed by atoms with Crippen molar-refractivity contribution in [1.82, 2.24) is 20.3 Å². The number of rotatable bonds is 7. The minimum absolute atomic E-state index is 0.138. The first-order chi connectivity index (χ1) is 15.1. The van der Waals surface area contributed by atoms with Crippen molar-refractivity contribution < 1.29 is 4.79 Å². The summed E-state index contributed by atoms with van der Waals surface area (Å²) in [5, 5.41) is 3.11. The number of aryl methyl sites for hydroxylation is 2. The number of hydrogen-bond acceptors (Lipinski definition) is 5. The highest BCUT2D eigenvalue weighted by Gasteiger charge is 2.20. The third-order valence-corrected chi connectivity index (χ3v) is 6.20. The maximum Gasteiger partial charge on any atom is 0.251 e. The number of amides is 1. The van der Waals surface area contributed by atoms with Crippen LogP contribution in [-0.4, -0.2) is 32.9 Å². The fourth-order valence-electron chi connectivity index (χ4n) is 3.93. The second kappa shape index (κ2) is 9.92. The minimum Gasteiger partial charge on any atom is -0.344 e. The van der Waals surface area contributed by atoms with Gasteiger partial charge < -0.3 is 10.3 Å². The molecule has 0 aliphatic heterocycles. The Hall–Kier alpha value is -2.93.